The Morgan fingerprint density at radius 2 is 1.82 bits per heavy atom. The maximum atomic E-state index is 11.3. The SMILES string of the molecule is CC(=O)CCOC(OCCC(C)=O)OC1C(O)[C@@H](CO)O[C@H]1n1cnc2c1N=CN(C)C2O. The van der Waals surface area contributed by atoms with Crippen molar-refractivity contribution in [3.63, 3.8) is 0 Å². The zero-order chi connectivity index (χ0) is 24.1. The van der Waals surface area contributed by atoms with Crippen molar-refractivity contribution in [2.45, 2.75) is 63.9 Å². The van der Waals surface area contributed by atoms with Crippen molar-refractivity contribution in [1.82, 2.24) is 14.5 Å². The van der Waals surface area contributed by atoms with Crippen molar-refractivity contribution in [3.05, 3.63) is 12.0 Å². The van der Waals surface area contributed by atoms with E-state index in [0.29, 0.717) is 5.82 Å². The molecule has 0 aliphatic carbocycles. The zero-order valence-electron chi connectivity index (χ0n) is 18.7. The van der Waals surface area contributed by atoms with E-state index in [9.17, 15) is 24.9 Å². The number of hydrogen-bond donors (Lipinski definition) is 3. The molecule has 3 rings (SSSR count). The summed E-state index contributed by atoms with van der Waals surface area (Å²) in [6, 6.07) is 0. The number of aliphatic imine (C=N–C) groups is 1. The minimum Gasteiger partial charge on any atom is -0.394 e. The highest BCUT2D eigenvalue weighted by Crippen LogP contribution is 2.38. The van der Waals surface area contributed by atoms with E-state index in [-0.39, 0.29) is 43.3 Å². The van der Waals surface area contributed by atoms with Crippen LogP contribution < -0.4 is 0 Å². The molecule has 184 valence electrons. The van der Waals surface area contributed by atoms with Gasteiger partial charge in [0.1, 0.15) is 35.6 Å². The van der Waals surface area contributed by atoms with Gasteiger partial charge in [-0.1, -0.05) is 0 Å². The van der Waals surface area contributed by atoms with Crippen LogP contribution in [0.1, 0.15) is 44.8 Å². The van der Waals surface area contributed by atoms with E-state index in [1.165, 1.54) is 36.0 Å². The molecule has 1 saturated heterocycles. The van der Waals surface area contributed by atoms with Crippen LogP contribution in [0.5, 0.6) is 0 Å². The molecule has 0 amide bonds. The second-order valence-electron chi connectivity index (χ2n) is 7.92. The lowest BCUT2D eigenvalue weighted by atomic mass is 10.1. The van der Waals surface area contributed by atoms with Gasteiger partial charge in [0.05, 0.1) is 32.5 Å². The topological polar surface area (TPSA) is 165 Å². The molecule has 33 heavy (non-hydrogen) atoms. The van der Waals surface area contributed by atoms with E-state index in [1.54, 1.807) is 7.05 Å². The van der Waals surface area contributed by atoms with Crippen LogP contribution in [0.15, 0.2) is 11.3 Å². The number of imidazole rings is 1. The van der Waals surface area contributed by atoms with Gasteiger partial charge in [-0.2, -0.15) is 0 Å². The van der Waals surface area contributed by atoms with Crippen LogP contribution in [0.3, 0.4) is 0 Å². The molecule has 1 aromatic rings. The van der Waals surface area contributed by atoms with Crippen molar-refractivity contribution in [2.24, 2.45) is 4.99 Å². The Morgan fingerprint density at radius 1 is 1.18 bits per heavy atom. The summed E-state index contributed by atoms with van der Waals surface area (Å²) in [5.74, 6) is 0.120. The molecule has 1 aromatic heterocycles. The molecule has 0 radical (unpaired) electrons. The quantitative estimate of drug-likeness (QED) is 0.334. The van der Waals surface area contributed by atoms with Crippen LogP contribution in [0.2, 0.25) is 0 Å². The molecule has 0 saturated carbocycles. The molecular formula is C20H30N4O9. The van der Waals surface area contributed by atoms with Gasteiger partial charge in [-0.3, -0.25) is 14.2 Å². The number of ketones is 2. The number of Topliss-reactive ketones (excluding diaryl/α,β-unsaturated/α-hetero) is 2. The third-order valence-corrected chi connectivity index (χ3v) is 5.24. The van der Waals surface area contributed by atoms with Crippen LogP contribution in [-0.2, 0) is 28.5 Å². The van der Waals surface area contributed by atoms with Crippen LogP contribution in [0.4, 0.5) is 5.82 Å². The number of hydrogen-bond acceptors (Lipinski definition) is 12. The minimum atomic E-state index is -1.31. The zero-order valence-corrected chi connectivity index (χ0v) is 18.7. The van der Waals surface area contributed by atoms with Crippen molar-refractivity contribution >= 4 is 23.7 Å². The Bertz CT molecular complexity index is 841. The number of carbonyl (C=O) groups excluding carboxylic acids is 2. The number of fused-ring (bicyclic) bond motifs is 1. The van der Waals surface area contributed by atoms with Gasteiger partial charge in [0.25, 0.3) is 6.48 Å². The van der Waals surface area contributed by atoms with E-state index < -0.39 is 43.9 Å². The van der Waals surface area contributed by atoms with Crippen LogP contribution in [-0.4, -0.2) is 99.3 Å². The lowest BCUT2D eigenvalue weighted by Crippen LogP contribution is -2.40. The first-order chi connectivity index (χ1) is 15.7. The first kappa shape index (κ1) is 25.4. The Hall–Kier alpha value is -2.26. The summed E-state index contributed by atoms with van der Waals surface area (Å²) in [5.41, 5.74) is 0.288. The van der Waals surface area contributed by atoms with Gasteiger partial charge in [0, 0.05) is 19.9 Å². The van der Waals surface area contributed by atoms with Gasteiger partial charge in [-0.05, 0) is 13.8 Å². The van der Waals surface area contributed by atoms with Gasteiger partial charge < -0.3 is 39.2 Å². The Balaban J connectivity index is 1.81. The van der Waals surface area contributed by atoms with Crippen molar-refractivity contribution in [3.8, 4) is 0 Å². The fourth-order valence-electron chi connectivity index (χ4n) is 3.36. The summed E-state index contributed by atoms with van der Waals surface area (Å²) in [4.78, 5) is 32.5. The summed E-state index contributed by atoms with van der Waals surface area (Å²) in [6.07, 6.45) is -2.29. The molecule has 0 aromatic carbocycles. The summed E-state index contributed by atoms with van der Waals surface area (Å²) in [6.45, 7) is 1.04. The molecule has 3 N–H and O–H groups in total. The first-order valence-electron chi connectivity index (χ1n) is 10.6. The van der Waals surface area contributed by atoms with E-state index in [1.807, 2.05) is 0 Å². The lowest BCUT2D eigenvalue weighted by Gasteiger charge is -2.28. The van der Waals surface area contributed by atoms with Crippen LogP contribution >= 0.6 is 0 Å². The molecule has 1 fully saturated rings. The first-order valence-corrected chi connectivity index (χ1v) is 10.6. The molecule has 13 nitrogen and oxygen atoms in total. The number of nitrogens with zero attached hydrogens (tertiary/aromatic N) is 4. The molecular weight excluding hydrogens is 440 g/mol. The number of rotatable bonds is 12. The maximum absolute atomic E-state index is 11.3. The Morgan fingerprint density at radius 3 is 2.39 bits per heavy atom. The average molecular weight is 470 g/mol. The highest BCUT2D eigenvalue weighted by atomic mass is 16.9. The minimum absolute atomic E-state index is 0.00112. The van der Waals surface area contributed by atoms with Crippen LogP contribution in [0.25, 0.3) is 0 Å². The van der Waals surface area contributed by atoms with Crippen molar-refractivity contribution in [1.29, 1.82) is 0 Å². The van der Waals surface area contributed by atoms with Crippen LogP contribution in [0, 0.1) is 0 Å². The molecule has 5 atom stereocenters. The third kappa shape index (κ3) is 6.00. The molecule has 13 heteroatoms. The Labute approximate surface area is 190 Å². The second-order valence-corrected chi connectivity index (χ2v) is 7.92. The molecule has 3 heterocycles. The molecule has 2 aliphatic rings. The fraction of sp³-hybridized carbons (Fsp3) is 0.700. The van der Waals surface area contributed by atoms with E-state index >= 15 is 0 Å². The average Bonchev–Trinajstić information content (AvgIpc) is 3.31. The Kier molecular flexibility index (Phi) is 8.64. The second kappa shape index (κ2) is 11.2. The predicted octanol–water partition coefficient (Wildman–Crippen LogP) is -0.610. The molecule has 0 spiro atoms. The summed E-state index contributed by atoms with van der Waals surface area (Å²) in [7, 11) is 1.64. The van der Waals surface area contributed by atoms with E-state index in [0.717, 1.165) is 0 Å². The van der Waals surface area contributed by atoms with Crippen molar-refractivity contribution < 1.29 is 43.9 Å². The van der Waals surface area contributed by atoms with Gasteiger partial charge in [-0.25, -0.2) is 9.98 Å². The number of carbonyl (C=O) groups is 2. The largest absolute Gasteiger partial charge is 0.394 e. The van der Waals surface area contributed by atoms with Gasteiger partial charge in [0.2, 0.25) is 0 Å². The maximum Gasteiger partial charge on any atom is 0.272 e. The number of aromatic nitrogens is 2. The van der Waals surface area contributed by atoms with E-state index in [2.05, 4.69) is 9.98 Å². The summed E-state index contributed by atoms with van der Waals surface area (Å²) >= 11 is 0. The number of aliphatic hydroxyl groups excluding tert-OH is 3. The normalized spacial score (nSPS) is 26.8. The van der Waals surface area contributed by atoms with E-state index in [4.69, 9.17) is 18.9 Å². The van der Waals surface area contributed by atoms with Gasteiger partial charge in [-0.15, -0.1) is 0 Å². The molecule has 0 bridgehead atoms. The highest BCUT2D eigenvalue weighted by molar-refractivity contribution is 5.75. The molecule has 2 aliphatic heterocycles. The van der Waals surface area contributed by atoms with Gasteiger partial charge >= 0.3 is 0 Å². The van der Waals surface area contributed by atoms with Gasteiger partial charge in [0.15, 0.2) is 18.3 Å². The lowest BCUT2D eigenvalue weighted by molar-refractivity contribution is -0.317. The summed E-state index contributed by atoms with van der Waals surface area (Å²) in [5, 5.41) is 30.7. The number of aliphatic hydroxyl groups is 3. The highest BCUT2D eigenvalue weighted by Gasteiger charge is 2.48. The molecule has 3 unspecified atom stereocenters. The third-order valence-electron chi connectivity index (χ3n) is 5.24. The van der Waals surface area contributed by atoms with Crippen molar-refractivity contribution in [2.75, 3.05) is 26.9 Å². The summed E-state index contributed by atoms with van der Waals surface area (Å²) < 4.78 is 24.2. The standard InChI is InChI=1S/C20H30N4O9/c1-11(26)4-6-30-20(31-7-5-12(2)27)33-16-15(28)13(8-25)32-19(16)24-10-21-14-17(24)22-9-23(3)18(14)29/h9-10,13,15-16,18-20,25,28-29H,4-8H2,1-3H3/t13-,15?,16?,18?,19-/m1/s1. The fourth-order valence-corrected chi connectivity index (χ4v) is 3.36. The number of ether oxygens (including phenoxy) is 4. The predicted molar refractivity (Wildman–Crippen MR) is 111 cm³/mol. The monoisotopic (exact) mass is 470 g/mol. The smallest absolute Gasteiger partial charge is 0.272 e.